The number of anilines is 1. The topological polar surface area (TPSA) is 57.8 Å². The molecule has 0 atom stereocenters. The number of carbonyl (C=O) groups is 1. The summed E-state index contributed by atoms with van der Waals surface area (Å²) < 4.78 is 0. The zero-order valence-corrected chi connectivity index (χ0v) is 13.1. The maximum atomic E-state index is 11.9. The van der Waals surface area contributed by atoms with Gasteiger partial charge >= 0.3 is 0 Å². The van der Waals surface area contributed by atoms with Crippen molar-refractivity contribution >= 4 is 22.9 Å². The number of aromatic amines is 1. The van der Waals surface area contributed by atoms with Gasteiger partial charge in [0.15, 0.2) is 0 Å². The first-order chi connectivity index (χ1) is 10.7. The highest BCUT2D eigenvalue weighted by atomic mass is 32.1. The maximum Gasteiger partial charge on any atom is 0.224 e. The van der Waals surface area contributed by atoms with Crippen molar-refractivity contribution in [2.24, 2.45) is 0 Å². The second-order valence-electron chi connectivity index (χ2n) is 5.09. The third-order valence-electron chi connectivity index (χ3n) is 3.36. The van der Waals surface area contributed by atoms with E-state index in [0.29, 0.717) is 6.42 Å². The summed E-state index contributed by atoms with van der Waals surface area (Å²) in [5.41, 5.74) is 2.85. The van der Waals surface area contributed by atoms with Crippen molar-refractivity contribution in [1.82, 2.24) is 9.97 Å². The Kier molecular flexibility index (Phi) is 4.34. The molecular weight excluding hydrogens is 294 g/mol. The average molecular weight is 311 g/mol. The molecule has 0 aliphatic carbocycles. The average Bonchev–Trinajstić information content (AvgIpc) is 3.17. The minimum atomic E-state index is 0.0403. The Hall–Kier alpha value is -2.40. The Morgan fingerprint density at radius 2 is 2.09 bits per heavy atom. The molecule has 0 unspecified atom stereocenters. The monoisotopic (exact) mass is 311 g/mol. The summed E-state index contributed by atoms with van der Waals surface area (Å²) in [6, 6.07) is 11.8. The standard InChI is InChI=1S/C17H17N3OS/c1-12-18-11-16(19-12)13-4-6-14(7-5-13)20-17(21)9-8-15-3-2-10-22-15/h2-7,10-11H,8-9H2,1H3,(H,18,19)(H,20,21). The van der Waals surface area contributed by atoms with Gasteiger partial charge in [0.05, 0.1) is 11.9 Å². The summed E-state index contributed by atoms with van der Waals surface area (Å²) >= 11 is 1.68. The van der Waals surface area contributed by atoms with Crippen molar-refractivity contribution in [3.63, 3.8) is 0 Å². The number of rotatable bonds is 5. The number of aryl methyl sites for hydroxylation is 2. The minimum Gasteiger partial charge on any atom is -0.342 e. The first kappa shape index (κ1) is 14.5. The zero-order valence-electron chi connectivity index (χ0n) is 12.3. The van der Waals surface area contributed by atoms with Gasteiger partial charge in [0, 0.05) is 17.0 Å². The number of thiophene rings is 1. The van der Waals surface area contributed by atoms with Crippen LogP contribution >= 0.6 is 11.3 Å². The fourth-order valence-corrected chi connectivity index (χ4v) is 2.92. The van der Waals surface area contributed by atoms with Crippen LogP contribution < -0.4 is 5.32 Å². The fourth-order valence-electron chi connectivity index (χ4n) is 2.22. The third-order valence-corrected chi connectivity index (χ3v) is 4.30. The predicted octanol–water partition coefficient (Wildman–Crippen LogP) is 4.02. The minimum absolute atomic E-state index is 0.0403. The molecular formula is C17H17N3OS. The molecule has 2 N–H and O–H groups in total. The van der Waals surface area contributed by atoms with E-state index in [1.165, 1.54) is 4.88 Å². The number of H-pyrrole nitrogens is 1. The lowest BCUT2D eigenvalue weighted by atomic mass is 10.1. The molecule has 0 fully saturated rings. The number of benzene rings is 1. The lowest BCUT2D eigenvalue weighted by molar-refractivity contribution is -0.116. The van der Waals surface area contributed by atoms with Crippen molar-refractivity contribution < 1.29 is 4.79 Å². The third kappa shape index (κ3) is 3.62. The van der Waals surface area contributed by atoms with Crippen LogP contribution in [0.1, 0.15) is 17.1 Å². The van der Waals surface area contributed by atoms with Crippen LogP contribution in [0.15, 0.2) is 48.0 Å². The number of amides is 1. The molecule has 4 nitrogen and oxygen atoms in total. The molecule has 22 heavy (non-hydrogen) atoms. The Bertz CT molecular complexity index is 745. The van der Waals surface area contributed by atoms with Crippen LogP contribution in [0.3, 0.4) is 0 Å². The number of carbonyl (C=O) groups excluding carboxylic acids is 1. The SMILES string of the molecule is Cc1ncc(-c2ccc(NC(=O)CCc3cccs3)cc2)[nH]1. The molecule has 0 aliphatic rings. The van der Waals surface area contributed by atoms with E-state index in [2.05, 4.69) is 21.4 Å². The summed E-state index contributed by atoms with van der Waals surface area (Å²) in [7, 11) is 0. The Balaban J connectivity index is 1.57. The molecule has 3 aromatic rings. The quantitative estimate of drug-likeness (QED) is 0.747. The van der Waals surface area contributed by atoms with Crippen molar-refractivity contribution in [2.45, 2.75) is 19.8 Å². The van der Waals surface area contributed by atoms with E-state index in [4.69, 9.17) is 0 Å². The molecule has 1 amide bonds. The van der Waals surface area contributed by atoms with Gasteiger partial charge in [-0.3, -0.25) is 4.79 Å². The fraction of sp³-hybridized carbons (Fsp3) is 0.176. The molecule has 3 rings (SSSR count). The highest BCUT2D eigenvalue weighted by Gasteiger charge is 2.05. The number of hydrogen-bond donors (Lipinski definition) is 2. The van der Waals surface area contributed by atoms with Crippen molar-refractivity contribution in [2.75, 3.05) is 5.32 Å². The van der Waals surface area contributed by atoms with Gasteiger partial charge in [-0.15, -0.1) is 11.3 Å². The van der Waals surface area contributed by atoms with Gasteiger partial charge in [0.1, 0.15) is 5.82 Å². The Labute approximate surface area is 133 Å². The molecule has 0 saturated heterocycles. The van der Waals surface area contributed by atoms with Crippen LogP contribution in [0.5, 0.6) is 0 Å². The van der Waals surface area contributed by atoms with Crippen molar-refractivity contribution in [3.8, 4) is 11.3 Å². The van der Waals surface area contributed by atoms with Crippen LogP contribution in [0, 0.1) is 6.92 Å². The lowest BCUT2D eigenvalue weighted by Crippen LogP contribution is -2.11. The van der Waals surface area contributed by atoms with Crippen molar-refractivity contribution in [3.05, 3.63) is 58.7 Å². The second-order valence-corrected chi connectivity index (χ2v) is 6.12. The van der Waals surface area contributed by atoms with E-state index in [1.54, 1.807) is 11.3 Å². The normalized spacial score (nSPS) is 10.6. The number of nitrogens with zero attached hydrogens (tertiary/aromatic N) is 1. The van der Waals surface area contributed by atoms with Gasteiger partial charge < -0.3 is 10.3 Å². The zero-order chi connectivity index (χ0) is 15.4. The van der Waals surface area contributed by atoms with Gasteiger partial charge in [-0.25, -0.2) is 4.98 Å². The van der Waals surface area contributed by atoms with Gasteiger partial charge in [-0.1, -0.05) is 18.2 Å². The molecule has 5 heteroatoms. The van der Waals surface area contributed by atoms with E-state index < -0.39 is 0 Å². The highest BCUT2D eigenvalue weighted by molar-refractivity contribution is 7.09. The first-order valence-electron chi connectivity index (χ1n) is 7.15. The Morgan fingerprint density at radius 3 is 2.73 bits per heavy atom. The number of hydrogen-bond acceptors (Lipinski definition) is 3. The highest BCUT2D eigenvalue weighted by Crippen LogP contribution is 2.20. The number of imidazole rings is 1. The number of aromatic nitrogens is 2. The molecule has 0 radical (unpaired) electrons. The van der Waals surface area contributed by atoms with Gasteiger partial charge in [-0.05, 0) is 42.5 Å². The van der Waals surface area contributed by atoms with Gasteiger partial charge in [0.25, 0.3) is 0 Å². The summed E-state index contributed by atoms with van der Waals surface area (Å²) in [5.74, 6) is 0.930. The maximum absolute atomic E-state index is 11.9. The smallest absolute Gasteiger partial charge is 0.224 e. The Morgan fingerprint density at radius 1 is 1.27 bits per heavy atom. The molecule has 0 bridgehead atoms. The first-order valence-corrected chi connectivity index (χ1v) is 8.03. The van der Waals surface area contributed by atoms with Gasteiger partial charge in [0.2, 0.25) is 5.91 Å². The molecule has 1 aromatic carbocycles. The number of nitrogens with one attached hydrogen (secondary N) is 2. The van der Waals surface area contributed by atoms with E-state index >= 15 is 0 Å². The molecule has 0 spiro atoms. The molecule has 0 saturated carbocycles. The lowest BCUT2D eigenvalue weighted by Gasteiger charge is -2.05. The molecule has 0 aliphatic heterocycles. The van der Waals surface area contributed by atoms with E-state index in [0.717, 1.165) is 29.2 Å². The summed E-state index contributed by atoms with van der Waals surface area (Å²) in [4.78, 5) is 20.6. The molecule has 2 heterocycles. The van der Waals surface area contributed by atoms with Crippen LogP contribution in [0.2, 0.25) is 0 Å². The molecule has 112 valence electrons. The second kappa shape index (κ2) is 6.58. The summed E-state index contributed by atoms with van der Waals surface area (Å²) in [6.07, 6.45) is 3.10. The summed E-state index contributed by atoms with van der Waals surface area (Å²) in [5, 5.41) is 4.96. The largest absolute Gasteiger partial charge is 0.342 e. The van der Waals surface area contributed by atoms with Crippen molar-refractivity contribution in [1.29, 1.82) is 0 Å². The van der Waals surface area contributed by atoms with Crippen LogP contribution in [0.4, 0.5) is 5.69 Å². The van der Waals surface area contributed by atoms with Crippen LogP contribution in [-0.2, 0) is 11.2 Å². The van der Waals surface area contributed by atoms with Crippen LogP contribution in [0.25, 0.3) is 11.3 Å². The summed E-state index contributed by atoms with van der Waals surface area (Å²) in [6.45, 7) is 1.92. The van der Waals surface area contributed by atoms with Crippen LogP contribution in [-0.4, -0.2) is 15.9 Å². The predicted molar refractivity (Wildman–Crippen MR) is 90.0 cm³/mol. The van der Waals surface area contributed by atoms with E-state index in [-0.39, 0.29) is 5.91 Å². The van der Waals surface area contributed by atoms with E-state index in [9.17, 15) is 4.79 Å². The van der Waals surface area contributed by atoms with Gasteiger partial charge in [-0.2, -0.15) is 0 Å². The molecule has 2 aromatic heterocycles. The van der Waals surface area contributed by atoms with E-state index in [1.807, 2.05) is 48.8 Å².